The molecule has 1 aromatic heterocycles. The van der Waals surface area contributed by atoms with Crippen molar-refractivity contribution in [2.75, 3.05) is 45.3 Å². The number of aryl methyl sites for hydroxylation is 1. The van der Waals surface area contributed by atoms with E-state index in [1.165, 1.54) is 5.56 Å². The standard InChI is InChI=1S/C24H35N5O2.HI/c1-5-25-24(26-11-8-19-7-6-18(2)27-17-19)28-20-9-12-29(13-10-20)21-14-22(30-3)16-23(15-21)31-4;/h6-7,14-17,20H,5,8-13H2,1-4H3,(H2,25,26,28);1H. The van der Waals surface area contributed by atoms with Crippen LogP contribution >= 0.6 is 24.0 Å². The van der Waals surface area contributed by atoms with Crippen molar-refractivity contribution in [2.45, 2.75) is 39.2 Å². The van der Waals surface area contributed by atoms with Gasteiger partial charge < -0.3 is 25.0 Å². The number of guanidine groups is 1. The molecule has 176 valence electrons. The predicted octanol–water partition coefficient (Wildman–Crippen LogP) is 3.79. The maximum absolute atomic E-state index is 5.42. The molecule has 0 aliphatic carbocycles. The third kappa shape index (κ3) is 7.72. The van der Waals surface area contributed by atoms with E-state index in [0.717, 1.165) is 74.3 Å². The number of hydrogen-bond acceptors (Lipinski definition) is 5. The highest BCUT2D eigenvalue weighted by Crippen LogP contribution is 2.30. The first-order valence-corrected chi connectivity index (χ1v) is 11.1. The summed E-state index contributed by atoms with van der Waals surface area (Å²) in [4.78, 5) is 11.5. The molecule has 1 aromatic carbocycles. The van der Waals surface area contributed by atoms with Crippen molar-refractivity contribution in [2.24, 2.45) is 4.99 Å². The third-order valence-electron chi connectivity index (χ3n) is 5.52. The molecule has 0 spiro atoms. The molecule has 2 N–H and O–H groups in total. The van der Waals surface area contributed by atoms with Crippen LogP contribution in [-0.2, 0) is 6.42 Å². The summed E-state index contributed by atoms with van der Waals surface area (Å²) in [6.07, 6.45) is 4.92. The minimum absolute atomic E-state index is 0. The second kappa shape index (κ2) is 13.3. The first kappa shape index (κ1) is 26.0. The van der Waals surface area contributed by atoms with Gasteiger partial charge in [0.05, 0.1) is 14.2 Å². The van der Waals surface area contributed by atoms with E-state index in [9.17, 15) is 0 Å². The Hall–Kier alpha value is -2.23. The van der Waals surface area contributed by atoms with Gasteiger partial charge in [-0.3, -0.25) is 9.98 Å². The molecule has 0 saturated carbocycles. The van der Waals surface area contributed by atoms with E-state index < -0.39 is 0 Å². The fourth-order valence-electron chi connectivity index (χ4n) is 3.71. The molecule has 0 atom stereocenters. The summed E-state index contributed by atoms with van der Waals surface area (Å²) in [5.41, 5.74) is 3.40. The van der Waals surface area contributed by atoms with Gasteiger partial charge in [-0.25, -0.2) is 0 Å². The van der Waals surface area contributed by atoms with Crippen LogP contribution in [0.5, 0.6) is 11.5 Å². The summed E-state index contributed by atoms with van der Waals surface area (Å²) < 4.78 is 10.8. The van der Waals surface area contributed by atoms with Crippen molar-refractivity contribution in [1.29, 1.82) is 0 Å². The van der Waals surface area contributed by atoms with E-state index in [1.807, 2.05) is 25.3 Å². The van der Waals surface area contributed by atoms with E-state index >= 15 is 0 Å². The van der Waals surface area contributed by atoms with Crippen molar-refractivity contribution in [3.8, 4) is 11.5 Å². The van der Waals surface area contributed by atoms with Gasteiger partial charge in [0.1, 0.15) is 11.5 Å². The maximum atomic E-state index is 5.42. The summed E-state index contributed by atoms with van der Waals surface area (Å²) in [7, 11) is 3.37. The Morgan fingerprint density at radius 3 is 2.38 bits per heavy atom. The SMILES string of the molecule is CCNC(=NCCc1ccc(C)nc1)NC1CCN(c2cc(OC)cc(OC)c2)CC1.I. The van der Waals surface area contributed by atoms with Gasteiger partial charge in [-0.1, -0.05) is 6.07 Å². The zero-order valence-electron chi connectivity index (χ0n) is 19.6. The van der Waals surface area contributed by atoms with Crippen LogP contribution in [0.15, 0.2) is 41.5 Å². The summed E-state index contributed by atoms with van der Waals surface area (Å²) >= 11 is 0. The Morgan fingerprint density at radius 1 is 1.12 bits per heavy atom. The second-order valence-corrected chi connectivity index (χ2v) is 7.80. The van der Waals surface area contributed by atoms with Gasteiger partial charge in [-0.05, 0) is 44.7 Å². The normalized spacial score (nSPS) is 14.5. The highest BCUT2D eigenvalue weighted by atomic mass is 127. The summed E-state index contributed by atoms with van der Waals surface area (Å²) in [6, 6.07) is 10.6. The number of rotatable bonds is 8. The van der Waals surface area contributed by atoms with E-state index in [0.29, 0.717) is 6.04 Å². The fourth-order valence-corrected chi connectivity index (χ4v) is 3.71. The lowest BCUT2D eigenvalue weighted by Gasteiger charge is -2.34. The molecule has 0 unspecified atom stereocenters. The van der Waals surface area contributed by atoms with E-state index in [4.69, 9.17) is 14.5 Å². The molecule has 8 heteroatoms. The van der Waals surface area contributed by atoms with Crippen LogP contribution in [-0.4, -0.2) is 57.4 Å². The Bertz CT molecular complexity index is 830. The summed E-state index contributed by atoms with van der Waals surface area (Å²) in [5.74, 6) is 2.53. The Kier molecular flexibility index (Phi) is 10.9. The van der Waals surface area contributed by atoms with Crippen LogP contribution in [0.3, 0.4) is 0 Å². The molecule has 0 bridgehead atoms. The lowest BCUT2D eigenvalue weighted by atomic mass is 10.0. The molecule has 0 amide bonds. The van der Waals surface area contributed by atoms with Crippen molar-refractivity contribution < 1.29 is 9.47 Å². The third-order valence-corrected chi connectivity index (χ3v) is 5.52. The van der Waals surface area contributed by atoms with Crippen LogP contribution in [0.2, 0.25) is 0 Å². The Morgan fingerprint density at radius 2 is 1.81 bits per heavy atom. The van der Waals surface area contributed by atoms with Gasteiger partial charge in [0, 0.05) is 68.0 Å². The Balaban J connectivity index is 0.00000363. The van der Waals surface area contributed by atoms with Crippen molar-refractivity contribution in [3.63, 3.8) is 0 Å². The second-order valence-electron chi connectivity index (χ2n) is 7.80. The number of nitrogens with one attached hydrogen (secondary N) is 2. The molecule has 7 nitrogen and oxygen atoms in total. The number of anilines is 1. The van der Waals surface area contributed by atoms with Crippen LogP contribution in [0.1, 0.15) is 31.0 Å². The molecule has 3 rings (SSSR count). The largest absolute Gasteiger partial charge is 0.497 e. The number of methoxy groups -OCH3 is 2. The lowest BCUT2D eigenvalue weighted by molar-refractivity contribution is 0.393. The fraction of sp³-hybridized carbons (Fsp3) is 0.500. The zero-order chi connectivity index (χ0) is 22.1. The average molecular weight is 553 g/mol. The maximum Gasteiger partial charge on any atom is 0.191 e. The molecule has 2 heterocycles. The van der Waals surface area contributed by atoms with Crippen molar-refractivity contribution in [1.82, 2.24) is 15.6 Å². The molecule has 1 saturated heterocycles. The smallest absolute Gasteiger partial charge is 0.191 e. The molecular weight excluding hydrogens is 517 g/mol. The predicted molar refractivity (Wildman–Crippen MR) is 142 cm³/mol. The number of pyridine rings is 1. The average Bonchev–Trinajstić information content (AvgIpc) is 2.80. The minimum atomic E-state index is 0. The van der Waals surface area contributed by atoms with Gasteiger partial charge in [-0.15, -0.1) is 24.0 Å². The van der Waals surface area contributed by atoms with Gasteiger partial charge >= 0.3 is 0 Å². The number of nitrogens with zero attached hydrogens (tertiary/aromatic N) is 3. The van der Waals surface area contributed by atoms with Crippen LogP contribution in [0, 0.1) is 6.92 Å². The van der Waals surface area contributed by atoms with Gasteiger partial charge in [0.15, 0.2) is 5.96 Å². The number of benzene rings is 1. The van der Waals surface area contributed by atoms with E-state index in [1.54, 1.807) is 14.2 Å². The van der Waals surface area contributed by atoms with E-state index in [-0.39, 0.29) is 24.0 Å². The highest BCUT2D eigenvalue weighted by Gasteiger charge is 2.21. The van der Waals surface area contributed by atoms with Crippen molar-refractivity contribution in [3.05, 3.63) is 47.8 Å². The summed E-state index contributed by atoms with van der Waals surface area (Å²) in [5, 5.41) is 6.99. The number of aliphatic imine (C=N–C) groups is 1. The number of ether oxygens (including phenoxy) is 2. The molecule has 1 aliphatic rings. The van der Waals surface area contributed by atoms with E-state index in [2.05, 4.69) is 45.6 Å². The number of hydrogen-bond donors (Lipinski definition) is 2. The van der Waals surface area contributed by atoms with Crippen LogP contribution in [0.25, 0.3) is 0 Å². The summed E-state index contributed by atoms with van der Waals surface area (Å²) in [6.45, 7) is 7.64. The first-order valence-electron chi connectivity index (χ1n) is 11.1. The minimum Gasteiger partial charge on any atom is -0.497 e. The molecule has 1 fully saturated rings. The lowest BCUT2D eigenvalue weighted by Crippen LogP contribution is -2.48. The van der Waals surface area contributed by atoms with Gasteiger partial charge in [0.25, 0.3) is 0 Å². The molecule has 0 radical (unpaired) electrons. The molecule has 2 aromatic rings. The van der Waals surface area contributed by atoms with Crippen LogP contribution < -0.4 is 25.0 Å². The van der Waals surface area contributed by atoms with Gasteiger partial charge in [-0.2, -0.15) is 0 Å². The highest BCUT2D eigenvalue weighted by molar-refractivity contribution is 14.0. The molecule has 32 heavy (non-hydrogen) atoms. The zero-order valence-corrected chi connectivity index (χ0v) is 21.9. The monoisotopic (exact) mass is 553 g/mol. The molecular formula is C24H36IN5O2. The van der Waals surface area contributed by atoms with Gasteiger partial charge in [0.2, 0.25) is 0 Å². The number of piperidine rings is 1. The first-order chi connectivity index (χ1) is 15.1. The Labute approximate surface area is 209 Å². The number of aromatic nitrogens is 1. The molecule has 1 aliphatic heterocycles. The van der Waals surface area contributed by atoms with Crippen molar-refractivity contribution >= 4 is 35.6 Å². The van der Waals surface area contributed by atoms with Crippen LogP contribution in [0.4, 0.5) is 5.69 Å². The topological polar surface area (TPSA) is 71.0 Å². The number of halogens is 1. The quantitative estimate of drug-likeness (QED) is 0.295.